The fraction of sp³-hybridized carbons (Fsp3) is 0.583. The zero-order chi connectivity index (χ0) is 36.1. The van der Waals surface area contributed by atoms with Crippen LogP contribution >= 0.6 is 0 Å². The zero-order valence-corrected chi connectivity index (χ0v) is 30.6. The largest absolute Gasteiger partial charge is 0.490 e. The van der Waals surface area contributed by atoms with Crippen molar-refractivity contribution < 1.29 is 45.9 Å². The van der Waals surface area contributed by atoms with Gasteiger partial charge in [0.25, 0.3) is 10.1 Å². The molecule has 2 aromatic carbocycles. The van der Waals surface area contributed by atoms with Crippen LogP contribution in [0.2, 0.25) is 0 Å². The minimum atomic E-state index is -3.86. The Balaban J connectivity index is 1.68. The van der Waals surface area contributed by atoms with E-state index < -0.39 is 63.0 Å². The molecule has 1 aliphatic rings. The van der Waals surface area contributed by atoms with Crippen LogP contribution in [0.5, 0.6) is 5.75 Å². The topological polar surface area (TPSA) is 144 Å². The van der Waals surface area contributed by atoms with E-state index in [9.17, 15) is 22.8 Å². The van der Waals surface area contributed by atoms with Gasteiger partial charge in [-0.1, -0.05) is 29.8 Å². The number of nitrogens with one attached hydrogen (secondary N) is 1. The number of ether oxygens (including phenoxy) is 4. The predicted octanol–water partition coefficient (Wildman–Crippen LogP) is 6.44. The fourth-order valence-corrected chi connectivity index (χ4v) is 5.88. The molecule has 1 saturated carbocycles. The third-order valence-electron chi connectivity index (χ3n) is 6.97. The third kappa shape index (κ3) is 13.1. The summed E-state index contributed by atoms with van der Waals surface area (Å²) in [7, 11) is -3.86. The van der Waals surface area contributed by atoms with Crippen molar-refractivity contribution in [1.29, 1.82) is 0 Å². The summed E-state index contributed by atoms with van der Waals surface area (Å²) in [5.74, 6) is -1.46. The predicted molar refractivity (Wildman–Crippen MR) is 180 cm³/mol. The van der Waals surface area contributed by atoms with E-state index in [1.165, 1.54) is 12.1 Å². The van der Waals surface area contributed by atoms with Crippen molar-refractivity contribution in [1.82, 2.24) is 5.32 Å². The van der Waals surface area contributed by atoms with Gasteiger partial charge in [0, 0.05) is 12.8 Å². The Morgan fingerprint density at radius 1 is 0.750 bits per heavy atom. The van der Waals surface area contributed by atoms with E-state index in [-0.39, 0.29) is 23.8 Å². The van der Waals surface area contributed by atoms with Crippen molar-refractivity contribution in [2.45, 2.75) is 135 Å². The van der Waals surface area contributed by atoms with E-state index in [0.717, 1.165) is 11.1 Å². The molecule has 0 heterocycles. The van der Waals surface area contributed by atoms with Gasteiger partial charge in [0.2, 0.25) is 0 Å². The van der Waals surface area contributed by atoms with Gasteiger partial charge in [-0.15, -0.1) is 0 Å². The summed E-state index contributed by atoms with van der Waals surface area (Å²) < 4.78 is 53.2. The molecular weight excluding hydrogens is 638 g/mol. The standard InChI is InChI=1S/C36H51NO10S/c1-23-11-17-29(18-12-23)48(41,42)47-28-21-27(22-28)43-26-15-13-24(14-16-26)19-25(31(38)44-34(2,3)4)20-30(32(39)45-35(5,6)7)37-33(40)46-36(8,9)10/h11-18,25,27-28,30H,19-22H2,1-10H3,(H,37,40)/t25?,27?,28?,30-/m0/s1. The summed E-state index contributed by atoms with van der Waals surface area (Å²) in [4.78, 5) is 39.4. The minimum Gasteiger partial charge on any atom is -0.490 e. The van der Waals surface area contributed by atoms with Crippen LogP contribution in [0.15, 0.2) is 53.4 Å². The maximum atomic E-state index is 13.4. The molecule has 1 N–H and O–H groups in total. The number of aryl methyl sites for hydroxylation is 1. The van der Waals surface area contributed by atoms with Gasteiger partial charge in [-0.3, -0.25) is 8.98 Å². The van der Waals surface area contributed by atoms with Crippen LogP contribution in [0.3, 0.4) is 0 Å². The smallest absolute Gasteiger partial charge is 0.408 e. The van der Waals surface area contributed by atoms with Gasteiger partial charge in [-0.05, 0) is 112 Å². The van der Waals surface area contributed by atoms with E-state index in [4.69, 9.17) is 23.1 Å². The van der Waals surface area contributed by atoms with Gasteiger partial charge < -0.3 is 24.3 Å². The van der Waals surface area contributed by atoms with Crippen molar-refractivity contribution in [3.8, 4) is 5.75 Å². The first-order chi connectivity index (χ1) is 22.0. The van der Waals surface area contributed by atoms with Crippen LogP contribution < -0.4 is 10.1 Å². The number of hydrogen-bond acceptors (Lipinski definition) is 10. The lowest BCUT2D eigenvalue weighted by atomic mass is 9.91. The molecule has 0 bridgehead atoms. The van der Waals surface area contributed by atoms with Crippen molar-refractivity contribution in [3.63, 3.8) is 0 Å². The van der Waals surface area contributed by atoms with E-state index in [1.54, 1.807) is 86.6 Å². The number of benzene rings is 2. The molecule has 11 nitrogen and oxygen atoms in total. The van der Waals surface area contributed by atoms with Crippen LogP contribution in [-0.2, 0) is 44.5 Å². The lowest BCUT2D eigenvalue weighted by molar-refractivity contribution is -0.162. The second-order valence-corrected chi connectivity index (χ2v) is 16.8. The van der Waals surface area contributed by atoms with Gasteiger partial charge in [-0.25, -0.2) is 9.59 Å². The van der Waals surface area contributed by atoms with Crippen LogP contribution in [0.25, 0.3) is 0 Å². The van der Waals surface area contributed by atoms with Gasteiger partial charge in [0.1, 0.15) is 34.7 Å². The SMILES string of the molecule is Cc1ccc(S(=O)(=O)OC2CC(Oc3ccc(CC(C[C@H](NC(=O)OC(C)(C)C)C(=O)OC(C)(C)C)C(=O)OC(C)(C)C)cc3)C2)cc1. The minimum absolute atomic E-state index is 0.0870. The molecule has 48 heavy (non-hydrogen) atoms. The quantitative estimate of drug-likeness (QED) is 0.150. The average molecular weight is 690 g/mol. The van der Waals surface area contributed by atoms with Gasteiger partial charge in [0.05, 0.1) is 16.9 Å². The maximum absolute atomic E-state index is 13.4. The summed E-state index contributed by atoms with van der Waals surface area (Å²) >= 11 is 0. The van der Waals surface area contributed by atoms with Crippen molar-refractivity contribution >= 4 is 28.1 Å². The van der Waals surface area contributed by atoms with Crippen molar-refractivity contribution in [2.75, 3.05) is 0 Å². The molecular formula is C36H51NO10S. The molecule has 1 amide bonds. The lowest BCUT2D eigenvalue weighted by Crippen LogP contribution is -2.48. The molecule has 1 unspecified atom stereocenters. The first kappa shape index (κ1) is 38.8. The first-order valence-electron chi connectivity index (χ1n) is 16.2. The number of rotatable bonds is 12. The van der Waals surface area contributed by atoms with Crippen LogP contribution in [0.4, 0.5) is 4.79 Å². The normalized spacial score (nSPS) is 18.1. The zero-order valence-electron chi connectivity index (χ0n) is 29.7. The highest BCUT2D eigenvalue weighted by Crippen LogP contribution is 2.32. The van der Waals surface area contributed by atoms with Crippen LogP contribution in [0.1, 0.15) is 92.7 Å². The number of hydrogen-bond donors (Lipinski definition) is 1. The second-order valence-electron chi connectivity index (χ2n) is 15.2. The molecule has 0 radical (unpaired) electrons. The molecule has 266 valence electrons. The van der Waals surface area contributed by atoms with Gasteiger partial charge in [0.15, 0.2) is 0 Å². The summed E-state index contributed by atoms with van der Waals surface area (Å²) in [5, 5.41) is 2.59. The highest BCUT2D eigenvalue weighted by Gasteiger charge is 2.37. The molecule has 1 fully saturated rings. The van der Waals surface area contributed by atoms with E-state index >= 15 is 0 Å². The molecule has 12 heteroatoms. The number of carbonyl (C=O) groups excluding carboxylic acids is 3. The van der Waals surface area contributed by atoms with Gasteiger partial charge in [-0.2, -0.15) is 8.42 Å². The first-order valence-corrected chi connectivity index (χ1v) is 17.6. The Bertz CT molecular complexity index is 1510. The Kier molecular flexibility index (Phi) is 12.4. The average Bonchev–Trinajstić information content (AvgIpc) is 2.89. The summed E-state index contributed by atoms with van der Waals surface area (Å²) in [5.41, 5.74) is -0.681. The molecule has 0 spiro atoms. The Morgan fingerprint density at radius 3 is 1.79 bits per heavy atom. The molecule has 0 aliphatic heterocycles. The summed E-state index contributed by atoms with van der Waals surface area (Å²) in [6.07, 6.45) is -0.524. The van der Waals surface area contributed by atoms with Gasteiger partial charge >= 0.3 is 18.0 Å². The summed E-state index contributed by atoms with van der Waals surface area (Å²) in [6, 6.07) is 12.5. The van der Waals surface area contributed by atoms with E-state index in [1.807, 2.05) is 19.1 Å². The molecule has 0 saturated heterocycles. The number of carbonyl (C=O) groups is 3. The molecule has 0 aromatic heterocycles. The van der Waals surface area contributed by atoms with Crippen LogP contribution in [-0.4, -0.2) is 61.5 Å². The highest BCUT2D eigenvalue weighted by atomic mass is 32.2. The Labute approximate surface area is 285 Å². The van der Waals surface area contributed by atoms with E-state index in [0.29, 0.717) is 18.6 Å². The van der Waals surface area contributed by atoms with Crippen molar-refractivity contribution in [3.05, 3.63) is 59.7 Å². The fourth-order valence-electron chi connectivity index (χ4n) is 4.78. The molecule has 1 aliphatic carbocycles. The van der Waals surface area contributed by atoms with Crippen molar-refractivity contribution in [2.24, 2.45) is 5.92 Å². The number of amides is 1. The van der Waals surface area contributed by atoms with Crippen LogP contribution in [0, 0.1) is 12.8 Å². The maximum Gasteiger partial charge on any atom is 0.408 e. The highest BCUT2D eigenvalue weighted by molar-refractivity contribution is 7.86. The third-order valence-corrected chi connectivity index (χ3v) is 8.35. The number of esters is 2. The second kappa shape index (κ2) is 15.3. The number of alkyl carbamates (subject to hydrolysis) is 1. The molecule has 2 aromatic rings. The monoisotopic (exact) mass is 689 g/mol. The Morgan fingerprint density at radius 2 is 1.27 bits per heavy atom. The van der Waals surface area contributed by atoms with E-state index in [2.05, 4.69) is 5.32 Å². The Hall–Kier alpha value is -3.64. The lowest BCUT2D eigenvalue weighted by Gasteiger charge is -2.34. The summed E-state index contributed by atoms with van der Waals surface area (Å²) in [6.45, 7) is 17.4. The molecule has 2 atom stereocenters. The molecule has 3 rings (SSSR count).